The van der Waals surface area contributed by atoms with E-state index < -0.39 is 10.0 Å². The number of thiophene rings is 1. The third-order valence-electron chi connectivity index (χ3n) is 2.54. The summed E-state index contributed by atoms with van der Waals surface area (Å²) in [6.07, 6.45) is 2.70. The lowest BCUT2D eigenvalue weighted by Crippen LogP contribution is -2.26. The number of sulfonamides is 1. The molecule has 0 bridgehead atoms. The Morgan fingerprint density at radius 3 is 2.68 bits per heavy atom. The summed E-state index contributed by atoms with van der Waals surface area (Å²) < 4.78 is 27.2. The fraction of sp³-hybridized carbons (Fsp3) is 0.667. The Kier molecular flexibility index (Phi) is 8.17. The Morgan fingerprint density at radius 1 is 1.26 bits per heavy atom. The minimum atomic E-state index is -3.15. The van der Waals surface area contributed by atoms with Crippen molar-refractivity contribution < 1.29 is 8.42 Å². The van der Waals surface area contributed by atoms with Crippen molar-refractivity contribution in [3.8, 4) is 0 Å². The van der Waals surface area contributed by atoms with Crippen molar-refractivity contribution in [2.24, 2.45) is 0 Å². The second kappa shape index (κ2) is 9.07. The van der Waals surface area contributed by atoms with Gasteiger partial charge in [0.15, 0.2) is 0 Å². The first kappa shape index (κ1) is 17.1. The van der Waals surface area contributed by atoms with Crippen LogP contribution in [0.15, 0.2) is 15.9 Å². The first-order chi connectivity index (χ1) is 9.03. The first-order valence-corrected chi connectivity index (χ1v) is 9.72. The molecule has 0 saturated carbocycles. The van der Waals surface area contributed by atoms with E-state index in [1.807, 2.05) is 12.1 Å². The summed E-state index contributed by atoms with van der Waals surface area (Å²) in [5.74, 6) is 0.202. The molecular formula is C12H21BrN2O2S2. The van der Waals surface area contributed by atoms with E-state index in [1.165, 1.54) is 0 Å². The lowest BCUT2D eigenvalue weighted by atomic mass is 10.3. The number of hydrogen-bond acceptors (Lipinski definition) is 4. The van der Waals surface area contributed by atoms with Crippen LogP contribution in [-0.2, 0) is 16.6 Å². The van der Waals surface area contributed by atoms with Crippen molar-refractivity contribution in [2.75, 3.05) is 18.8 Å². The van der Waals surface area contributed by atoms with Crippen LogP contribution < -0.4 is 10.0 Å². The van der Waals surface area contributed by atoms with Crippen LogP contribution in [0.3, 0.4) is 0 Å². The van der Waals surface area contributed by atoms with Crippen molar-refractivity contribution >= 4 is 37.3 Å². The van der Waals surface area contributed by atoms with Crippen molar-refractivity contribution in [1.29, 1.82) is 0 Å². The zero-order valence-electron chi connectivity index (χ0n) is 11.1. The fourth-order valence-electron chi connectivity index (χ4n) is 1.54. The van der Waals surface area contributed by atoms with Gasteiger partial charge in [0.05, 0.1) is 9.54 Å². The molecule has 0 radical (unpaired) electrons. The number of rotatable bonds is 10. The van der Waals surface area contributed by atoms with Crippen LogP contribution in [-0.4, -0.2) is 27.3 Å². The maximum absolute atomic E-state index is 11.8. The van der Waals surface area contributed by atoms with Gasteiger partial charge < -0.3 is 5.32 Å². The molecule has 0 unspecified atom stereocenters. The van der Waals surface area contributed by atoms with Crippen LogP contribution in [0.1, 0.15) is 31.1 Å². The molecule has 0 aromatic carbocycles. The monoisotopic (exact) mass is 368 g/mol. The largest absolute Gasteiger partial charge is 0.317 e. The predicted octanol–water partition coefficient (Wildman–Crippen LogP) is 2.71. The molecule has 2 N–H and O–H groups in total. The Morgan fingerprint density at radius 2 is 2.05 bits per heavy atom. The summed E-state index contributed by atoms with van der Waals surface area (Å²) in [6, 6.07) is 3.85. The van der Waals surface area contributed by atoms with Gasteiger partial charge in [0.1, 0.15) is 0 Å². The summed E-state index contributed by atoms with van der Waals surface area (Å²) in [6.45, 7) is 4.39. The summed E-state index contributed by atoms with van der Waals surface area (Å²) >= 11 is 4.90. The van der Waals surface area contributed by atoms with Crippen LogP contribution in [0.2, 0.25) is 0 Å². The molecule has 0 amide bonds. The molecule has 0 aliphatic rings. The highest BCUT2D eigenvalue weighted by atomic mass is 79.9. The predicted molar refractivity (Wildman–Crippen MR) is 85.0 cm³/mol. The maximum atomic E-state index is 11.8. The van der Waals surface area contributed by atoms with Gasteiger partial charge in [-0.1, -0.05) is 6.92 Å². The molecule has 0 fully saturated rings. The Balaban J connectivity index is 2.17. The van der Waals surface area contributed by atoms with Crippen LogP contribution in [0.25, 0.3) is 0 Å². The van der Waals surface area contributed by atoms with Gasteiger partial charge in [-0.05, 0) is 60.4 Å². The van der Waals surface area contributed by atoms with Crippen LogP contribution in [0.4, 0.5) is 0 Å². The second-order valence-electron chi connectivity index (χ2n) is 4.30. The highest BCUT2D eigenvalue weighted by Crippen LogP contribution is 2.21. The average Bonchev–Trinajstić information content (AvgIpc) is 2.77. The molecule has 7 heteroatoms. The third kappa shape index (κ3) is 8.04. The first-order valence-electron chi connectivity index (χ1n) is 6.46. The molecule has 1 aromatic heterocycles. The normalized spacial score (nSPS) is 11.9. The standard InChI is InChI=1S/C12H21BrN2O2S2/c1-2-7-14-8-3-4-9-19(16,17)15-10-11-5-6-12(13)18-11/h5-6,14-15H,2-4,7-10H2,1H3. The van der Waals surface area contributed by atoms with E-state index in [1.54, 1.807) is 11.3 Å². The summed E-state index contributed by atoms with van der Waals surface area (Å²) in [5, 5.41) is 3.26. The van der Waals surface area contributed by atoms with Gasteiger partial charge in [-0.2, -0.15) is 0 Å². The molecule has 0 aliphatic carbocycles. The molecule has 0 aliphatic heterocycles. The van der Waals surface area contributed by atoms with E-state index in [4.69, 9.17) is 0 Å². The van der Waals surface area contributed by atoms with E-state index in [-0.39, 0.29) is 5.75 Å². The van der Waals surface area contributed by atoms with Crippen molar-refractivity contribution in [1.82, 2.24) is 10.0 Å². The number of unbranched alkanes of at least 4 members (excludes halogenated alkanes) is 1. The fourth-order valence-corrected chi connectivity index (χ4v) is 4.16. The molecule has 1 aromatic rings. The number of hydrogen-bond donors (Lipinski definition) is 2. The van der Waals surface area contributed by atoms with Crippen LogP contribution in [0.5, 0.6) is 0 Å². The lowest BCUT2D eigenvalue weighted by Gasteiger charge is -2.06. The second-order valence-corrected chi connectivity index (χ2v) is 8.78. The smallest absolute Gasteiger partial charge is 0.211 e. The molecule has 19 heavy (non-hydrogen) atoms. The van der Waals surface area contributed by atoms with E-state index in [9.17, 15) is 8.42 Å². The summed E-state index contributed by atoms with van der Waals surface area (Å²) in [7, 11) is -3.15. The SMILES string of the molecule is CCCNCCCCS(=O)(=O)NCc1ccc(Br)s1. The third-order valence-corrected chi connectivity index (χ3v) is 5.57. The minimum Gasteiger partial charge on any atom is -0.317 e. The van der Waals surface area contributed by atoms with Gasteiger partial charge >= 0.3 is 0 Å². The van der Waals surface area contributed by atoms with Crippen molar-refractivity contribution in [3.05, 3.63) is 20.8 Å². The Hall–Kier alpha value is 0.0500. The van der Waals surface area contributed by atoms with E-state index in [2.05, 4.69) is 32.9 Å². The quantitative estimate of drug-likeness (QED) is 0.624. The van der Waals surface area contributed by atoms with E-state index >= 15 is 0 Å². The summed E-state index contributed by atoms with van der Waals surface area (Å²) in [5.41, 5.74) is 0. The zero-order valence-corrected chi connectivity index (χ0v) is 14.3. The summed E-state index contributed by atoms with van der Waals surface area (Å²) in [4.78, 5) is 1.01. The van der Waals surface area contributed by atoms with Crippen LogP contribution >= 0.6 is 27.3 Å². The maximum Gasteiger partial charge on any atom is 0.211 e. The molecule has 1 rings (SSSR count). The molecule has 4 nitrogen and oxygen atoms in total. The Bertz CT molecular complexity index is 460. The zero-order chi connectivity index (χ0) is 14.1. The van der Waals surface area contributed by atoms with E-state index in [0.29, 0.717) is 13.0 Å². The number of nitrogens with one attached hydrogen (secondary N) is 2. The van der Waals surface area contributed by atoms with E-state index in [0.717, 1.165) is 34.6 Å². The van der Waals surface area contributed by atoms with Gasteiger partial charge in [-0.25, -0.2) is 13.1 Å². The lowest BCUT2D eigenvalue weighted by molar-refractivity contribution is 0.573. The minimum absolute atomic E-state index is 0.202. The molecule has 0 atom stereocenters. The molecule has 1 heterocycles. The molecular weight excluding hydrogens is 348 g/mol. The van der Waals surface area contributed by atoms with Gasteiger partial charge in [-0.3, -0.25) is 0 Å². The van der Waals surface area contributed by atoms with Gasteiger partial charge in [-0.15, -0.1) is 11.3 Å². The topological polar surface area (TPSA) is 58.2 Å². The highest BCUT2D eigenvalue weighted by molar-refractivity contribution is 9.11. The molecule has 0 spiro atoms. The van der Waals surface area contributed by atoms with Crippen LogP contribution in [0, 0.1) is 0 Å². The Labute approximate surface area is 128 Å². The molecule has 110 valence electrons. The van der Waals surface area contributed by atoms with Crippen molar-refractivity contribution in [3.63, 3.8) is 0 Å². The number of halogens is 1. The molecule has 0 saturated heterocycles. The van der Waals surface area contributed by atoms with Gasteiger partial charge in [0.25, 0.3) is 0 Å². The van der Waals surface area contributed by atoms with Gasteiger partial charge in [0.2, 0.25) is 10.0 Å². The highest BCUT2D eigenvalue weighted by Gasteiger charge is 2.10. The van der Waals surface area contributed by atoms with Gasteiger partial charge in [0, 0.05) is 11.4 Å². The average molecular weight is 369 g/mol. The van der Waals surface area contributed by atoms with Crippen molar-refractivity contribution in [2.45, 2.75) is 32.7 Å².